The van der Waals surface area contributed by atoms with Gasteiger partial charge in [0.1, 0.15) is 12.2 Å². The van der Waals surface area contributed by atoms with Gasteiger partial charge in [-0.1, -0.05) is 18.2 Å². The molecule has 7 heteroatoms. The summed E-state index contributed by atoms with van der Waals surface area (Å²) < 4.78 is 5.36. The molecule has 1 aromatic carbocycles. The van der Waals surface area contributed by atoms with Gasteiger partial charge in [-0.15, -0.1) is 0 Å². The first-order valence-electron chi connectivity index (χ1n) is 6.86. The third-order valence-corrected chi connectivity index (χ3v) is 3.67. The molecule has 1 aliphatic rings. The number of rotatable bonds is 3. The van der Waals surface area contributed by atoms with Gasteiger partial charge in [-0.25, -0.2) is 0 Å². The van der Waals surface area contributed by atoms with Crippen LogP contribution in [0.3, 0.4) is 0 Å². The Morgan fingerprint density at radius 3 is 3.10 bits per heavy atom. The van der Waals surface area contributed by atoms with Crippen molar-refractivity contribution in [2.24, 2.45) is 0 Å². The number of aromatic amines is 1. The normalized spacial score (nSPS) is 25.9. The number of ether oxygens (including phenoxy) is 1. The molecule has 2 aromatic rings. The molecule has 1 fully saturated rings. The Bertz CT molecular complexity index is 642. The number of H-pyrrole nitrogens is 1. The van der Waals surface area contributed by atoms with E-state index in [0.717, 1.165) is 10.9 Å². The van der Waals surface area contributed by atoms with Crippen LogP contribution < -0.4 is 5.32 Å². The van der Waals surface area contributed by atoms with Crippen molar-refractivity contribution in [1.29, 1.82) is 0 Å². The van der Waals surface area contributed by atoms with Crippen molar-refractivity contribution in [1.82, 2.24) is 15.5 Å². The number of hydrogen-bond donors (Lipinski definition) is 4. The predicted molar refractivity (Wildman–Crippen MR) is 74.8 cm³/mol. The molecule has 112 valence electrons. The molecule has 1 aliphatic heterocycles. The minimum Gasteiger partial charge on any atom is -0.390 e. The number of amides is 1. The highest BCUT2D eigenvalue weighted by Crippen LogP contribution is 2.16. The van der Waals surface area contributed by atoms with Gasteiger partial charge in [0.2, 0.25) is 0 Å². The fourth-order valence-electron chi connectivity index (χ4n) is 2.45. The molecule has 3 atom stereocenters. The van der Waals surface area contributed by atoms with Crippen molar-refractivity contribution >= 4 is 16.8 Å². The average molecular weight is 291 g/mol. The molecule has 3 unspecified atom stereocenters. The van der Waals surface area contributed by atoms with Crippen LogP contribution >= 0.6 is 0 Å². The average Bonchev–Trinajstić information content (AvgIpc) is 2.92. The summed E-state index contributed by atoms with van der Waals surface area (Å²) in [4.78, 5) is 12.2. The number of nitrogens with zero attached hydrogens (tertiary/aromatic N) is 1. The second-order valence-electron chi connectivity index (χ2n) is 5.08. The first kappa shape index (κ1) is 14.0. The van der Waals surface area contributed by atoms with Crippen molar-refractivity contribution in [3.8, 4) is 0 Å². The lowest BCUT2D eigenvalue weighted by Gasteiger charge is -2.31. The molecule has 1 amide bonds. The van der Waals surface area contributed by atoms with Crippen molar-refractivity contribution in [2.45, 2.75) is 24.7 Å². The lowest BCUT2D eigenvalue weighted by atomic mass is 10.0. The Balaban J connectivity index is 1.66. The van der Waals surface area contributed by atoms with Crippen LogP contribution in [0.25, 0.3) is 10.9 Å². The molecule has 7 nitrogen and oxygen atoms in total. The van der Waals surface area contributed by atoms with Gasteiger partial charge in [-0.05, 0) is 12.5 Å². The zero-order valence-electron chi connectivity index (χ0n) is 11.3. The van der Waals surface area contributed by atoms with E-state index in [-0.39, 0.29) is 12.5 Å². The number of hydrogen-bond acceptors (Lipinski definition) is 5. The third kappa shape index (κ3) is 2.76. The molecule has 0 radical (unpaired) electrons. The van der Waals surface area contributed by atoms with Crippen LogP contribution in [0.15, 0.2) is 24.3 Å². The maximum absolute atomic E-state index is 12.2. The van der Waals surface area contributed by atoms with E-state index in [9.17, 15) is 15.0 Å². The van der Waals surface area contributed by atoms with Crippen LogP contribution in [0.4, 0.5) is 0 Å². The molecular formula is C14H17N3O4. The van der Waals surface area contributed by atoms with E-state index in [4.69, 9.17) is 4.74 Å². The molecule has 0 saturated carbocycles. The topological polar surface area (TPSA) is 107 Å². The highest BCUT2D eigenvalue weighted by atomic mass is 16.5. The van der Waals surface area contributed by atoms with E-state index in [0.29, 0.717) is 18.7 Å². The quantitative estimate of drug-likeness (QED) is 0.626. The number of benzene rings is 1. The van der Waals surface area contributed by atoms with E-state index < -0.39 is 18.3 Å². The second-order valence-corrected chi connectivity index (χ2v) is 5.08. The van der Waals surface area contributed by atoms with Gasteiger partial charge in [0.15, 0.2) is 5.69 Å². The van der Waals surface area contributed by atoms with Crippen LogP contribution in [0.1, 0.15) is 16.9 Å². The molecule has 0 aliphatic carbocycles. The van der Waals surface area contributed by atoms with Crippen LogP contribution in [0.5, 0.6) is 0 Å². The van der Waals surface area contributed by atoms with Crippen molar-refractivity contribution in [3.63, 3.8) is 0 Å². The highest BCUT2D eigenvalue weighted by molar-refractivity contribution is 6.04. The maximum Gasteiger partial charge on any atom is 0.272 e. The number of fused-ring (bicyclic) bond motifs is 1. The SMILES string of the molecule is O=C(NCC1OCCC(O)C1O)c1n[nH]c2ccccc12. The van der Waals surface area contributed by atoms with Crippen LogP contribution in [0, 0.1) is 0 Å². The summed E-state index contributed by atoms with van der Waals surface area (Å²) in [6, 6.07) is 7.34. The van der Waals surface area contributed by atoms with Gasteiger partial charge < -0.3 is 20.3 Å². The van der Waals surface area contributed by atoms with Crippen LogP contribution in [-0.4, -0.2) is 57.8 Å². The summed E-state index contributed by atoms with van der Waals surface area (Å²) in [5.74, 6) is -0.344. The van der Waals surface area contributed by atoms with E-state index in [1.807, 2.05) is 24.3 Å². The largest absolute Gasteiger partial charge is 0.390 e. The maximum atomic E-state index is 12.2. The van der Waals surface area contributed by atoms with Crippen molar-refractivity contribution < 1.29 is 19.7 Å². The smallest absolute Gasteiger partial charge is 0.272 e. The van der Waals surface area contributed by atoms with Gasteiger partial charge in [0.25, 0.3) is 5.91 Å². The number of aliphatic hydroxyl groups is 2. The Kier molecular flexibility index (Phi) is 3.87. The van der Waals surface area contributed by atoms with E-state index in [2.05, 4.69) is 15.5 Å². The number of nitrogens with one attached hydrogen (secondary N) is 2. The molecule has 0 spiro atoms. The Morgan fingerprint density at radius 1 is 1.43 bits per heavy atom. The van der Waals surface area contributed by atoms with Crippen LogP contribution in [-0.2, 0) is 4.74 Å². The van der Waals surface area contributed by atoms with Gasteiger partial charge in [0.05, 0.1) is 11.6 Å². The molecule has 21 heavy (non-hydrogen) atoms. The summed E-state index contributed by atoms with van der Waals surface area (Å²) in [5, 5.41) is 29.6. The number of carbonyl (C=O) groups is 1. The first-order valence-corrected chi connectivity index (χ1v) is 6.86. The molecular weight excluding hydrogens is 274 g/mol. The monoisotopic (exact) mass is 291 g/mol. The summed E-state index contributed by atoms with van der Waals surface area (Å²) >= 11 is 0. The summed E-state index contributed by atoms with van der Waals surface area (Å²) in [7, 11) is 0. The van der Waals surface area contributed by atoms with Crippen LogP contribution in [0.2, 0.25) is 0 Å². The lowest BCUT2D eigenvalue weighted by Crippen LogP contribution is -2.49. The zero-order chi connectivity index (χ0) is 14.8. The van der Waals surface area contributed by atoms with Gasteiger partial charge in [0, 0.05) is 18.5 Å². The van der Waals surface area contributed by atoms with E-state index in [1.165, 1.54) is 0 Å². The molecule has 0 bridgehead atoms. The van der Waals surface area contributed by atoms with Gasteiger partial charge in [-0.2, -0.15) is 5.10 Å². The Morgan fingerprint density at radius 2 is 2.24 bits per heavy atom. The predicted octanol–water partition coefficient (Wildman–Crippen LogP) is -0.197. The van der Waals surface area contributed by atoms with E-state index in [1.54, 1.807) is 0 Å². The highest BCUT2D eigenvalue weighted by Gasteiger charge is 2.31. The fourth-order valence-corrected chi connectivity index (χ4v) is 2.45. The third-order valence-electron chi connectivity index (χ3n) is 3.67. The number of aliphatic hydroxyl groups excluding tert-OH is 2. The standard InChI is InChI=1S/C14H17N3O4/c18-10-5-6-21-11(13(10)19)7-15-14(20)12-8-3-1-2-4-9(8)16-17-12/h1-4,10-11,13,18-19H,5-7H2,(H,15,20)(H,16,17). The van der Waals surface area contributed by atoms with Crippen molar-refractivity contribution in [2.75, 3.05) is 13.2 Å². The molecule has 4 N–H and O–H groups in total. The second kappa shape index (κ2) is 5.80. The number of para-hydroxylation sites is 1. The Hall–Kier alpha value is -1.96. The minimum atomic E-state index is -0.991. The first-order chi connectivity index (χ1) is 10.2. The van der Waals surface area contributed by atoms with E-state index >= 15 is 0 Å². The summed E-state index contributed by atoms with van der Waals surface area (Å²) in [6.07, 6.45) is -2.01. The van der Waals surface area contributed by atoms with Crippen molar-refractivity contribution in [3.05, 3.63) is 30.0 Å². The number of aromatic nitrogens is 2. The molecule has 1 aromatic heterocycles. The van der Waals surface area contributed by atoms with Gasteiger partial charge >= 0.3 is 0 Å². The Labute approximate surface area is 120 Å². The lowest BCUT2D eigenvalue weighted by molar-refractivity contribution is -0.132. The van der Waals surface area contributed by atoms with Gasteiger partial charge in [-0.3, -0.25) is 9.89 Å². The summed E-state index contributed by atoms with van der Waals surface area (Å²) in [6.45, 7) is 0.488. The zero-order valence-corrected chi connectivity index (χ0v) is 11.3. The molecule has 2 heterocycles. The number of carbonyl (C=O) groups excluding carboxylic acids is 1. The minimum absolute atomic E-state index is 0.123. The summed E-state index contributed by atoms with van der Waals surface area (Å²) in [5.41, 5.74) is 1.09. The fraction of sp³-hybridized carbons (Fsp3) is 0.429. The molecule has 3 rings (SSSR count). The molecule has 1 saturated heterocycles.